The second-order valence-corrected chi connectivity index (χ2v) is 12.8. The van der Waals surface area contributed by atoms with Gasteiger partial charge in [0.2, 0.25) is 17.7 Å². The summed E-state index contributed by atoms with van der Waals surface area (Å²) in [5, 5.41) is 24.2. The number of piperazine rings is 1. The van der Waals surface area contributed by atoms with Crippen LogP contribution in [0.3, 0.4) is 0 Å². The molecule has 1 aromatic rings. The number of methoxy groups -OCH3 is 1. The molecule has 3 N–H and O–H groups in total. The van der Waals surface area contributed by atoms with Gasteiger partial charge in [-0.15, -0.1) is 0 Å². The molecule has 14 heteroatoms. The van der Waals surface area contributed by atoms with Crippen LogP contribution in [0, 0.1) is 11.7 Å². The van der Waals surface area contributed by atoms with E-state index in [-0.39, 0.29) is 62.0 Å². The average Bonchev–Trinajstić information content (AvgIpc) is 3.04. The van der Waals surface area contributed by atoms with Gasteiger partial charge >= 0.3 is 0 Å². The molecule has 1 unspecified atom stereocenters. The van der Waals surface area contributed by atoms with Crippen LogP contribution in [0.15, 0.2) is 24.3 Å². The number of carbonyl (C=O) groups is 4. The molecule has 2 aliphatic heterocycles. The molecule has 2 aliphatic rings. The van der Waals surface area contributed by atoms with Crippen LogP contribution in [0.2, 0.25) is 0 Å². The third kappa shape index (κ3) is 10.7. The van der Waals surface area contributed by atoms with Crippen LogP contribution < -0.4 is 5.32 Å². The van der Waals surface area contributed by atoms with Gasteiger partial charge in [-0.05, 0) is 37.3 Å². The highest BCUT2D eigenvalue weighted by molar-refractivity contribution is 5.94. The zero-order valence-corrected chi connectivity index (χ0v) is 28.3. The Morgan fingerprint density at radius 3 is 2.40 bits per heavy atom. The summed E-state index contributed by atoms with van der Waals surface area (Å²) >= 11 is 0. The number of halogens is 1. The fourth-order valence-corrected chi connectivity index (χ4v) is 6.26. The van der Waals surface area contributed by atoms with Crippen molar-refractivity contribution in [3.8, 4) is 0 Å². The predicted octanol–water partition coefficient (Wildman–Crippen LogP) is 0.337. The molecule has 13 nitrogen and oxygen atoms in total. The number of benzene rings is 1. The van der Waals surface area contributed by atoms with Gasteiger partial charge in [-0.3, -0.25) is 24.1 Å². The van der Waals surface area contributed by atoms with Crippen molar-refractivity contribution in [3.63, 3.8) is 0 Å². The minimum atomic E-state index is -1.40. The van der Waals surface area contributed by atoms with Crippen molar-refractivity contribution in [2.75, 3.05) is 73.2 Å². The molecular formula is C33H52FN5O8. The summed E-state index contributed by atoms with van der Waals surface area (Å²) in [7, 11) is 2.86. The summed E-state index contributed by atoms with van der Waals surface area (Å²) in [6, 6.07) is 4.40. The molecule has 0 spiro atoms. The Morgan fingerprint density at radius 1 is 1.04 bits per heavy atom. The van der Waals surface area contributed by atoms with Crippen LogP contribution in [0.5, 0.6) is 0 Å². The van der Waals surface area contributed by atoms with Gasteiger partial charge in [-0.2, -0.15) is 0 Å². The Morgan fingerprint density at radius 2 is 1.77 bits per heavy atom. The van der Waals surface area contributed by atoms with E-state index < -0.39 is 42.1 Å². The molecule has 0 saturated carbocycles. The number of amides is 4. The number of nitrogens with zero attached hydrogens (tertiary/aromatic N) is 4. The van der Waals surface area contributed by atoms with E-state index >= 15 is 0 Å². The fraction of sp³-hybridized carbons (Fsp3) is 0.697. The number of nitrogens with one attached hydrogen (secondary N) is 1. The van der Waals surface area contributed by atoms with Crippen LogP contribution in [0.1, 0.15) is 50.4 Å². The fourth-order valence-electron chi connectivity index (χ4n) is 6.26. The summed E-state index contributed by atoms with van der Waals surface area (Å²) < 4.78 is 26.1. The van der Waals surface area contributed by atoms with Gasteiger partial charge in [0.15, 0.2) is 0 Å². The molecular weight excluding hydrogens is 613 g/mol. The van der Waals surface area contributed by atoms with Crippen molar-refractivity contribution >= 4 is 23.6 Å². The maximum Gasteiger partial charge on any atom is 0.256 e. The Kier molecular flexibility index (Phi) is 15.0. The van der Waals surface area contributed by atoms with E-state index in [1.54, 1.807) is 11.0 Å². The first-order valence-corrected chi connectivity index (χ1v) is 16.4. The smallest absolute Gasteiger partial charge is 0.256 e. The standard InChI is InChI=1S/C33H52FN5O8/c1-22(2)16-24-17-37(33(45)25-10-6-7-11-26(25)34)19-29(46-5)31(43)28(41)21-47-15-9-8-12-39(24)30(42)20-36-13-14-38(23(3)40)27(18-36)32(44)35-4/h6-7,10-11,22,24,27-29,31,41,43H,8-9,12-21H2,1-5H3,(H,35,44)/t24-,27?,28-,29-,31-/m1/s1. The van der Waals surface area contributed by atoms with E-state index in [0.717, 1.165) is 0 Å². The van der Waals surface area contributed by atoms with Gasteiger partial charge < -0.3 is 39.7 Å². The number of hydrogen-bond donors (Lipinski definition) is 3. The number of rotatable bonds is 7. The SMILES string of the molecule is CNC(=O)C1CN(CC(=O)N2CCCCOC[C@@H](O)[C@@H](O)[C@H](OC)CN(C(=O)c3ccccc3F)C[C@H]2CC(C)C)CCN1C(C)=O. The summed E-state index contributed by atoms with van der Waals surface area (Å²) in [5.74, 6) is -1.95. The Balaban J connectivity index is 1.97. The molecule has 2 fully saturated rings. The largest absolute Gasteiger partial charge is 0.388 e. The quantitative estimate of drug-likeness (QED) is 0.375. The number of hydrogen-bond acceptors (Lipinski definition) is 9. The van der Waals surface area contributed by atoms with E-state index in [9.17, 15) is 33.8 Å². The first-order valence-electron chi connectivity index (χ1n) is 16.4. The number of likely N-dealkylation sites (N-methyl/N-ethyl adjacent to an activating group) is 1. The third-order valence-corrected chi connectivity index (χ3v) is 8.81. The minimum absolute atomic E-state index is 0.00278. The van der Waals surface area contributed by atoms with Crippen molar-refractivity contribution in [1.29, 1.82) is 0 Å². The van der Waals surface area contributed by atoms with E-state index in [4.69, 9.17) is 9.47 Å². The zero-order chi connectivity index (χ0) is 34.7. The van der Waals surface area contributed by atoms with Gasteiger partial charge in [0, 0.05) is 73.0 Å². The lowest BCUT2D eigenvalue weighted by atomic mass is 9.99. The molecule has 0 aliphatic carbocycles. The van der Waals surface area contributed by atoms with Crippen LogP contribution in [-0.4, -0.2) is 157 Å². The van der Waals surface area contributed by atoms with Gasteiger partial charge in [0.05, 0.1) is 18.7 Å². The second-order valence-electron chi connectivity index (χ2n) is 12.8. The summed E-state index contributed by atoms with van der Waals surface area (Å²) in [5.41, 5.74) is -0.161. The van der Waals surface area contributed by atoms with Crippen molar-refractivity contribution in [2.45, 2.75) is 70.4 Å². The van der Waals surface area contributed by atoms with Crippen LogP contribution in [0.4, 0.5) is 4.39 Å². The number of aliphatic hydroxyl groups excluding tert-OH is 2. The van der Waals surface area contributed by atoms with E-state index in [2.05, 4.69) is 5.32 Å². The highest BCUT2D eigenvalue weighted by atomic mass is 19.1. The first kappa shape index (κ1) is 38.3. The Bertz CT molecular complexity index is 1210. The van der Waals surface area contributed by atoms with Gasteiger partial charge in [-0.1, -0.05) is 26.0 Å². The van der Waals surface area contributed by atoms with Gasteiger partial charge in [0.25, 0.3) is 5.91 Å². The molecule has 0 bridgehead atoms. The minimum Gasteiger partial charge on any atom is -0.388 e. The Labute approximate surface area is 276 Å². The maximum absolute atomic E-state index is 14.9. The van der Waals surface area contributed by atoms with Crippen molar-refractivity contribution in [2.24, 2.45) is 5.92 Å². The molecule has 2 saturated heterocycles. The second kappa shape index (κ2) is 18.4. The van der Waals surface area contributed by atoms with Crippen LogP contribution >= 0.6 is 0 Å². The average molecular weight is 666 g/mol. The molecule has 1 aromatic carbocycles. The summed E-state index contributed by atoms with van der Waals surface area (Å²) in [6.07, 6.45) is -2.05. The lowest BCUT2D eigenvalue weighted by molar-refractivity contribution is -0.144. The highest BCUT2D eigenvalue weighted by Gasteiger charge is 2.37. The lowest BCUT2D eigenvalue weighted by Crippen LogP contribution is -2.61. The Hall–Kier alpha value is -3.17. The molecule has 4 amide bonds. The predicted molar refractivity (Wildman–Crippen MR) is 172 cm³/mol. The molecule has 3 rings (SSSR count). The normalized spacial score (nSPS) is 25.7. The molecule has 0 radical (unpaired) electrons. The van der Waals surface area contributed by atoms with E-state index in [0.29, 0.717) is 45.5 Å². The van der Waals surface area contributed by atoms with Gasteiger partial charge in [0.1, 0.15) is 30.2 Å². The number of carbonyl (C=O) groups excluding carboxylic acids is 4. The summed E-state index contributed by atoms with van der Waals surface area (Å²) in [6.45, 7) is 6.67. The number of ether oxygens (including phenoxy) is 2. The molecule has 264 valence electrons. The van der Waals surface area contributed by atoms with Crippen molar-refractivity contribution in [1.82, 2.24) is 24.9 Å². The highest BCUT2D eigenvalue weighted by Crippen LogP contribution is 2.21. The van der Waals surface area contributed by atoms with E-state index in [1.807, 2.05) is 18.7 Å². The van der Waals surface area contributed by atoms with E-state index in [1.165, 1.54) is 49.1 Å². The third-order valence-electron chi connectivity index (χ3n) is 8.81. The van der Waals surface area contributed by atoms with Crippen molar-refractivity contribution < 1.29 is 43.3 Å². The monoisotopic (exact) mass is 665 g/mol. The zero-order valence-electron chi connectivity index (χ0n) is 28.3. The molecule has 47 heavy (non-hydrogen) atoms. The number of aliphatic hydroxyl groups is 2. The molecule has 5 atom stereocenters. The van der Waals surface area contributed by atoms with Crippen LogP contribution in [-0.2, 0) is 23.9 Å². The molecule has 2 heterocycles. The van der Waals surface area contributed by atoms with Crippen molar-refractivity contribution in [3.05, 3.63) is 35.6 Å². The lowest BCUT2D eigenvalue weighted by Gasteiger charge is -2.42. The molecule has 0 aromatic heterocycles. The first-order chi connectivity index (χ1) is 22.4. The van der Waals surface area contributed by atoms with Crippen LogP contribution in [0.25, 0.3) is 0 Å². The summed E-state index contributed by atoms with van der Waals surface area (Å²) in [4.78, 5) is 59.5. The topological polar surface area (TPSA) is 152 Å². The maximum atomic E-state index is 14.9. The van der Waals surface area contributed by atoms with Gasteiger partial charge in [-0.25, -0.2) is 4.39 Å².